The predicted molar refractivity (Wildman–Crippen MR) is 112 cm³/mol. The van der Waals surface area contributed by atoms with Crippen molar-refractivity contribution in [2.45, 2.75) is 6.42 Å². The van der Waals surface area contributed by atoms with Gasteiger partial charge in [-0.05, 0) is 30.2 Å². The van der Waals surface area contributed by atoms with Gasteiger partial charge in [0.15, 0.2) is 11.5 Å². The number of carbonyl (C=O) groups is 1. The van der Waals surface area contributed by atoms with Crippen molar-refractivity contribution in [3.63, 3.8) is 0 Å². The van der Waals surface area contributed by atoms with E-state index < -0.39 is 0 Å². The maximum atomic E-state index is 12.3. The first-order valence-corrected chi connectivity index (χ1v) is 9.08. The van der Waals surface area contributed by atoms with Crippen molar-refractivity contribution in [2.75, 3.05) is 40.3 Å². The van der Waals surface area contributed by atoms with Gasteiger partial charge in [-0.2, -0.15) is 0 Å². The summed E-state index contributed by atoms with van der Waals surface area (Å²) in [7, 11) is 6.22. The van der Waals surface area contributed by atoms with Crippen LogP contribution < -0.4 is 29.6 Å². The number of amides is 2. The number of methoxy groups -OCH3 is 4. The minimum Gasteiger partial charge on any atom is -0.497 e. The van der Waals surface area contributed by atoms with Crippen LogP contribution in [-0.2, 0) is 6.42 Å². The Balaban J connectivity index is 1.62. The molecule has 3 rings (SSSR count). The zero-order valence-electron chi connectivity index (χ0n) is 16.9. The lowest BCUT2D eigenvalue weighted by Crippen LogP contribution is -2.30. The number of fused-ring (bicyclic) bond motifs is 1. The van der Waals surface area contributed by atoms with E-state index >= 15 is 0 Å². The van der Waals surface area contributed by atoms with Gasteiger partial charge in [0.05, 0.1) is 34.1 Å². The number of benzene rings is 2. The standard InChI is InChI=1S/C21H25N3O5/c1-26-15-5-6-17-16(11-15)13(12-23-17)7-8-22-21(25)24-14-9-18(27-2)20(29-4)19(10-14)28-3/h5-6,9-12,23H,7-8H2,1-4H3,(H2,22,24,25). The second-order valence-electron chi connectivity index (χ2n) is 6.27. The SMILES string of the molecule is COc1ccc2[nH]cc(CCNC(=O)Nc3cc(OC)c(OC)c(OC)c3)c2c1. The van der Waals surface area contributed by atoms with Gasteiger partial charge in [0.2, 0.25) is 5.75 Å². The molecule has 0 atom stereocenters. The summed E-state index contributed by atoms with van der Waals surface area (Å²) in [4.78, 5) is 15.5. The van der Waals surface area contributed by atoms with Crippen LogP contribution in [0.3, 0.4) is 0 Å². The number of aromatic nitrogens is 1. The summed E-state index contributed by atoms with van der Waals surface area (Å²) in [5.74, 6) is 2.20. The maximum Gasteiger partial charge on any atom is 0.319 e. The maximum absolute atomic E-state index is 12.3. The summed E-state index contributed by atoms with van der Waals surface area (Å²) in [5, 5.41) is 6.72. The number of aromatic amines is 1. The van der Waals surface area contributed by atoms with E-state index in [2.05, 4.69) is 15.6 Å². The van der Waals surface area contributed by atoms with Gasteiger partial charge in [-0.15, -0.1) is 0 Å². The molecule has 8 heteroatoms. The fourth-order valence-electron chi connectivity index (χ4n) is 3.13. The first-order valence-electron chi connectivity index (χ1n) is 9.08. The number of urea groups is 1. The summed E-state index contributed by atoms with van der Waals surface area (Å²) in [6.45, 7) is 0.473. The van der Waals surface area contributed by atoms with Crippen molar-refractivity contribution in [1.29, 1.82) is 0 Å². The van der Waals surface area contributed by atoms with E-state index in [1.165, 1.54) is 21.3 Å². The summed E-state index contributed by atoms with van der Waals surface area (Å²) in [6, 6.07) is 8.89. The quantitative estimate of drug-likeness (QED) is 0.538. The van der Waals surface area contributed by atoms with Crippen LogP contribution in [0.5, 0.6) is 23.0 Å². The lowest BCUT2D eigenvalue weighted by molar-refractivity contribution is 0.252. The lowest BCUT2D eigenvalue weighted by atomic mass is 10.1. The number of hydrogen-bond acceptors (Lipinski definition) is 5. The molecule has 0 radical (unpaired) electrons. The molecule has 3 N–H and O–H groups in total. The molecule has 2 amide bonds. The second-order valence-corrected chi connectivity index (χ2v) is 6.27. The van der Waals surface area contributed by atoms with Crippen molar-refractivity contribution in [1.82, 2.24) is 10.3 Å². The van der Waals surface area contributed by atoms with Gasteiger partial charge in [-0.3, -0.25) is 0 Å². The molecule has 1 aromatic heterocycles. The number of anilines is 1. The minimum absolute atomic E-state index is 0.323. The van der Waals surface area contributed by atoms with Crippen LogP contribution in [0.2, 0.25) is 0 Å². The van der Waals surface area contributed by atoms with Gasteiger partial charge in [-0.25, -0.2) is 4.79 Å². The third-order valence-electron chi connectivity index (χ3n) is 4.58. The fourth-order valence-corrected chi connectivity index (χ4v) is 3.13. The van der Waals surface area contributed by atoms with Gasteiger partial charge in [0, 0.05) is 35.8 Å². The van der Waals surface area contributed by atoms with E-state index in [-0.39, 0.29) is 6.03 Å². The molecule has 154 valence electrons. The van der Waals surface area contributed by atoms with Crippen molar-refractivity contribution in [3.8, 4) is 23.0 Å². The number of hydrogen-bond donors (Lipinski definition) is 3. The first-order chi connectivity index (χ1) is 14.1. The number of H-pyrrole nitrogens is 1. The monoisotopic (exact) mass is 399 g/mol. The highest BCUT2D eigenvalue weighted by atomic mass is 16.5. The molecule has 0 saturated carbocycles. The number of nitrogens with one attached hydrogen (secondary N) is 3. The smallest absolute Gasteiger partial charge is 0.319 e. The van der Waals surface area contributed by atoms with E-state index in [1.807, 2.05) is 24.4 Å². The molecule has 29 heavy (non-hydrogen) atoms. The Morgan fingerprint density at radius 2 is 1.69 bits per heavy atom. The number of rotatable bonds is 8. The summed E-state index contributed by atoms with van der Waals surface area (Å²) < 4.78 is 21.2. The second kappa shape index (κ2) is 9.09. The first kappa shape index (κ1) is 20.2. The molecular formula is C21H25N3O5. The average Bonchev–Trinajstić information content (AvgIpc) is 3.14. The van der Waals surface area contributed by atoms with Gasteiger partial charge >= 0.3 is 6.03 Å². The van der Waals surface area contributed by atoms with Crippen LogP contribution in [0.1, 0.15) is 5.56 Å². The Labute approximate surface area is 169 Å². The van der Waals surface area contributed by atoms with Gasteiger partial charge in [0.1, 0.15) is 5.75 Å². The molecule has 0 bridgehead atoms. The number of ether oxygens (including phenoxy) is 4. The molecule has 0 fully saturated rings. The van der Waals surface area contributed by atoms with Gasteiger partial charge in [-0.1, -0.05) is 0 Å². The zero-order chi connectivity index (χ0) is 20.8. The Bertz CT molecular complexity index is 974. The van der Waals surface area contributed by atoms with E-state index in [1.54, 1.807) is 19.2 Å². The summed E-state index contributed by atoms with van der Waals surface area (Å²) in [5.41, 5.74) is 2.67. The molecule has 0 aliphatic carbocycles. The third kappa shape index (κ3) is 4.48. The molecule has 1 heterocycles. The van der Waals surface area contributed by atoms with E-state index in [4.69, 9.17) is 18.9 Å². The molecule has 0 spiro atoms. The van der Waals surface area contributed by atoms with Gasteiger partial charge < -0.3 is 34.6 Å². The predicted octanol–water partition coefficient (Wildman–Crippen LogP) is 3.57. The van der Waals surface area contributed by atoms with Crippen LogP contribution in [0.25, 0.3) is 10.9 Å². The largest absolute Gasteiger partial charge is 0.497 e. The minimum atomic E-state index is -0.323. The summed E-state index contributed by atoms with van der Waals surface area (Å²) >= 11 is 0. The Kier molecular flexibility index (Phi) is 6.33. The van der Waals surface area contributed by atoms with E-state index in [9.17, 15) is 4.79 Å². The molecule has 3 aromatic rings. The molecule has 0 aliphatic heterocycles. The van der Waals surface area contributed by atoms with Crippen LogP contribution in [0, 0.1) is 0 Å². The molecular weight excluding hydrogens is 374 g/mol. The van der Waals surface area contributed by atoms with Crippen LogP contribution in [0.15, 0.2) is 36.5 Å². The molecule has 2 aromatic carbocycles. The Morgan fingerprint density at radius 1 is 0.966 bits per heavy atom. The Morgan fingerprint density at radius 3 is 2.31 bits per heavy atom. The van der Waals surface area contributed by atoms with Crippen LogP contribution in [-0.4, -0.2) is 46.0 Å². The molecule has 0 unspecified atom stereocenters. The van der Waals surface area contributed by atoms with Crippen molar-refractivity contribution in [3.05, 3.63) is 42.1 Å². The zero-order valence-corrected chi connectivity index (χ0v) is 16.9. The highest BCUT2D eigenvalue weighted by molar-refractivity contribution is 5.90. The molecule has 0 aliphatic rings. The molecule has 0 saturated heterocycles. The lowest BCUT2D eigenvalue weighted by Gasteiger charge is -2.15. The topological polar surface area (TPSA) is 93.8 Å². The van der Waals surface area contributed by atoms with E-state index in [0.717, 1.165) is 22.2 Å². The van der Waals surface area contributed by atoms with Crippen molar-refractivity contribution < 1.29 is 23.7 Å². The van der Waals surface area contributed by atoms with Crippen molar-refractivity contribution in [2.24, 2.45) is 0 Å². The third-order valence-corrected chi connectivity index (χ3v) is 4.58. The van der Waals surface area contributed by atoms with Crippen LogP contribution in [0.4, 0.5) is 10.5 Å². The fraction of sp³-hybridized carbons (Fsp3) is 0.286. The van der Waals surface area contributed by atoms with Gasteiger partial charge in [0.25, 0.3) is 0 Å². The highest BCUT2D eigenvalue weighted by Crippen LogP contribution is 2.39. The average molecular weight is 399 g/mol. The van der Waals surface area contributed by atoms with Crippen molar-refractivity contribution >= 4 is 22.6 Å². The Hall–Kier alpha value is -3.55. The highest BCUT2D eigenvalue weighted by Gasteiger charge is 2.14. The summed E-state index contributed by atoms with van der Waals surface area (Å²) in [6.07, 6.45) is 2.62. The number of carbonyl (C=O) groups excluding carboxylic acids is 1. The van der Waals surface area contributed by atoms with E-state index in [0.29, 0.717) is 35.9 Å². The molecule has 8 nitrogen and oxygen atoms in total. The normalized spacial score (nSPS) is 10.5. The van der Waals surface area contributed by atoms with Crippen LogP contribution >= 0.6 is 0 Å².